The van der Waals surface area contributed by atoms with Crippen LogP contribution in [0.3, 0.4) is 0 Å². The molecule has 0 amide bonds. The van der Waals surface area contributed by atoms with Gasteiger partial charge in [-0.05, 0) is 33.4 Å². The lowest BCUT2D eigenvalue weighted by molar-refractivity contribution is -0.326. The summed E-state index contributed by atoms with van der Waals surface area (Å²) in [5.74, 6) is 0. The SMILES string of the molecule is O[C@H](COC(c1ccccc1)(c1ccccc1)c1ccccc1)[C@H]1O[C@H](O)[C@@H](OCc2ccccc2)[C@@H](OCc2ccccc2)[C@@H]1OCc1ccccc1. The van der Waals surface area contributed by atoms with Crippen molar-refractivity contribution in [3.63, 3.8) is 0 Å². The summed E-state index contributed by atoms with van der Waals surface area (Å²) in [4.78, 5) is 0. The normalized spacial score (nSPS) is 20.7. The van der Waals surface area contributed by atoms with Gasteiger partial charge in [0.2, 0.25) is 0 Å². The van der Waals surface area contributed by atoms with Gasteiger partial charge in [0.1, 0.15) is 36.1 Å². The van der Waals surface area contributed by atoms with Crippen LogP contribution in [0.1, 0.15) is 33.4 Å². The molecule has 1 fully saturated rings. The second-order valence-corrected chi connectivity index (χ2v) is 13.4. The van der Waals surface area contributed by atoms with Crippen molar-refractivity contribution in [3.05, 3.63) is 215 Å². The Balaban J connectivity index is 1.23. The summed E-state index contributed by atoms with van der Waals surface area (Å²) in [6.07, 6.45) is -6.38. The minimum Gasteiger partial charge on any atom is -0.388 e. The summed E-state index contributed by atoms with van der Waals surface area (Å²) in [5.41, 5.74) is 4.43. The van der Waals surface area contributed by atoms with Crippen LogP contribution in [-0.4, -0.2) is 53.6 Å². The van der Waals surface area contributed by atoms with Crippen LogP contribution in [0.25, 0.3) is 0 Å². The van der Waals surface area contributed by atoms with Crippen molar-refractivity contribution in [1.82, 2.24) is 0 Å². The van der Waals surface area contributed by atoms with Gasteiger partial charge in [-0.2, -0.15) is 0 Å². The zero-order chi connectivity index (χ0) is 37.0. The van der Waals surface area contributed by atoms with E-state index in [4.69, 9.17) is 23.7 Å². The lowest BCUT2D eigenvalue weighted by Gasteiger charge is -2.46. The maximum absolute atomic E-state index is 12.2. The summed E-state index contributed by atoms with van der Waals surface area (Å²) in [7, 11) is 0. The van der Waals surface area contributed by atoms with Gasteiger partial charge in [0.15, 0.2) is 6.29 Å². The molecule has 2 N–H and O–H groups in total. The first-order valence-electron chi connectivity index (χ1n) is 18.4. The molecule has 1 heterocycles. The van der Waals surface area contributed by atoms with Gasteiger partial charge in [0.05, 0.1) is 26.4 Å². The molecule has 7 rings (SSSR count). The first-order chi connectivity index (χ1) is 26.6. The van der Waals surface area contributed by atoms with Crippen LogP contribution in [0.2, 0.25) is 0 Å². The van der Waals surface area contributed by atoms with E-state index < -0.39 is 42.4 Å². The number of benzene rings is 6. The molecule has 0 aromatic heterocycles. The number of aliphatic hydroxyl groups excluding tert-OH is 2. The monoisotopic (exact) mass is 722 g/mol. The first-order valence-corrected chi connectivity index (χ1v) is 18.4. The summed E-state index contributed by atoms with van der Waals surface area (Å²) in [5, 5.41) is 23.9. The van der Waals surface area contributed by atoms with Crippen LogP contribution in [-0.2, 0) is 49.1 Å². The smallest absolute Gasteiger partial charge is 0.184 e. The molecule has 7 nitrogen and oxygen atoms in total. The summed E-state index contributed by atoms with van der Waals surface area (Å²) >= 11 is 0. The van der Waals surface area contributed by atoms with E-state index in [2.05, 4.69) is 0 Å². The van der Waals surface area contributed by atoms with Crippen molar-refractivity contribution in [2.75, 3.05) is 6.61 Å². The largest absolute Gasteiger partial charge is 0.388 e. The van der Waals surface area contributed by atoms with Crippen molar-refractivity contribution < 1.29 is 33.9 Å². The Morgan fingerprint density at radius 2 is 0.796 bits per heavy atom. The molecule has 6 atom stereocenters. The summed E-state index contributed by atoms with van der Waals surface area (Å²) < 4.78 is 33.0. The number of rotatable bonds is 16. The Labute approximate surface area is 317 Å². The van der Waals surface area contributed by atoms with Gasteiger partial charge in [-0.25, -0.2) is 0 Å². The fourth-order valence-corrected chi connectivity index (χ4v) is 7.09. The quantitative estimate of drug-likeness (QED) is 0.0986. The first kappa shape index (κ1) is 37.4. The van der Waals surface area contributed by atoms with Crippen molar-refractivity contribution in [3.8, 4) is 0 Å². The van der Waals surface area contributed by atoms with E-state index in [1.807, 2.05) is 182 Å². The van der Waals surface area contributed by atoms with Gasteiger partial charge in [-0.1, -0.05) is 182 Å². The van der Waals surface area contributed by atoms with Gasteiger partial charge in [0, 0.05) is 0 Å². The third kappa shape index (κ3) is 8.87. The van der Waals surface area contributed by atoms with Crippen LogP contribution in [0.5, 0.6) is 0 Å². The highest BCUT2D eigenvalue weighted by atomic mass is 16.7. The van der Waals surface area contributed by atoms with E-state index in [9.17, 15) is 10.2 Å². The molecule has 0 spiro atoms. The standard InChI is InChI=1S/C47H46O7/c48-41(34-53-47(38-25-13-4-14-26-38,39-27-15-5-16-28-39)40-29-17-6-18-30-40)42-43(50-31-35-19-7-1-8-20-35)44(51-32-36-21-9-2-10-22-36)45(46(49)54-42)52-33-37-23-11-3-12-24-37/h1-30,41-46,48-49H,31-34H2/t41-,42-,43-,44+,45+,46+/m1/s1. The van der Waals surface area contributed by atoms with Gasteiger partial charge < -0.3 is 33.9 Å². The molecule has 0 radical (unpaired) electrons. The average Bonchev–Trinajstić information content (AvgIpc) is 3.24. The van der Waals surface area contributed by atoms with Crippen LogP contribution >= 0.6 is 0 Å². The molecular weight excluding hydrogens is 677 g/mol. The van der Waals surface area contributed by atoms with E-state index in [1.165, 1.54) is 0 Å². The highest BCUT2D eigenvalue weighted by Crippen LogP contribution is 2.41. The van der Waals surface area contributed by atoms with Gasteiger partial charge >= 0.3 is 0 Å². The van der Waals surface area contributed by atoms with Crippen molar-refractivity contribution in [2.45, 2.75) is 62.2 Å². The Morgan fingerprint density at radius 1 is 0.463 bits per heavy atom. The minimum atomic E-state index is -1.44. The molecule has 0 unspecified atom stereocenters. The third-order valence-corrected chi connectivity index (χ3v) is 9.80. The minimum absolute atomic E-state index is 0.164. The van der Waals surface area contributed by atoms with E-state index in [1.54, 1.807) is 0 Å². The maximum Gasteiger partial charge on any atom is 0.184 e. The van der Waals surface area contributed by atoms with E-state index in [-0.39, 0.29) is 26.4 Å². The van der Waals surface area contributed by atoms with Crippen molar-refractivity contribution in [2.24, 2.45) is 0 Å². The number of aliphatic hydroxyl groups is 2. The van der Waals surface area contributed by atoms with E-state index in [0.29, 0.717) is 0 Å². The summed E-state index contributed by atoms with van der Waals surface area (Å²) in [6.45, 7) is 0.496. The highest BCUT2D eigenvalue weighted by Gasteiger charge is 2.51. The van der Waals surface area contributed by atoms with Crippen molar-refractivity contribution in [1.29, 1.82) is 0 Å². The lowest BCUT2D eigenvalue weighted by atomic mass is 9.80. The highest BCUT2D eigenvalue weighted by molar-refractivity contribution is 5.47. The van der Waals surface area contributed by atoms with Gasteiger partial charge in [-0.15, -0.1) is 0 Å². The lowest BCUT2D eigenvalue weighted by Crippen LogP contribution is -2.63. The Kier molecular flexibility index (Phi) is 12.7. The molecule has 0 aliphatic carbocycles. The molecule has 1 aliphatic heterocycles. The van der Waals surface area contributed by atoms with E-state index in [0.717, 1.165) is 33.4 Å². The number of hydrogen-bond acceptors (Lipinski definition) is 7. The number of ether oxygens (including phenoxy) is 5. The fourth-order valence-electron chi connectivity index (χ4n) is 7.09. The molecule has 7 heteroatoms. The molecule has 54 heavy (non-hydrogen) atoms. The Morgan fingerprint density at radius 3 is 1.19 bits per heavy atom. The van der Waals surface area contributed by atoms with E-state index >= 15 is 0 Å². The third-order valence-electron chi connectivity index (χ3n) is 9.80. The average molecular weight is 723 g/mol. The predicted molar refractivity (Wildman–Crippen MR) is 207 cm³/mol. The molecule has 1 aliphatic rings. The van der Waals surface area contributed by atoms with Gasteiger partial charge in [-0.3, -0.25) is 0 Å². The zero-order valence-electron chi connectivity index (χ0n) is 30.0. The van der Waals surface area contributed by atoms with Gasteiger partial charge in [0.25, 0.3) is 0 Å². The molecule has 1 saturated heterocycles. The van der Waals surface area contributed by atoms with Crippen LogP contribution in [0, 0.1) is 0 Å². The molecule has 276 valence electrons. The Bertz CT molecular complexity index is 1850. The molecule has 6 aromatic carbocycles. The molecular formula is C47H46O7. The second kappa shape index (κ2) is 18.4. The zero-order valence-corrected chi connectivity index (χ0v) is 30.0. The maximum atomic E-state index is 12.2. The fraction of sp³-hybridized carbons (Fsp3) is 0.234. The number of hydrogen-bond donors (Lipinski definition) is 2. The summed E-state index contributed by atoms with van der Waals surface area (Å²) in [6, 6.07) is 59.3. The Hall–Kier alpha value is -4.96. The molecule has 6 aromatic rings. The predicted octanol–water partition coefficient (Wildman–Crippen LogP) is 7.83. The van der Waals surface area contributed by atoms with Crippen LogP contribution < -0.4 is 0 Å². The topological polar surface area (TPSA) is 86.6 Å². The second-order valence-electron chi connectivity index (χ2n) is 13.4. The molecule has 0 bridgehead atoms. The van der Waals surface area contributed by atoms with Crippen LogP contribution in [0.4, 0.5) is 0 Å². The van der Waals surface area contributed by atoms with Crippen LogP contribution in [0.15, 0.2) is 182 Å². The molecule has 0 saturated carbocycles. The van der Waals surface area contributed by atoms with Crippen molar-refractivity contribution >= 4 is 0 Å².